The van der Waals surface area contributed by atoms with Gasteiger partial charge in [-0.2, -0.15) is 0 Å². The molecule has 0 aliphatic heterocycles. The number of anilines is 1. The number of amides is 1. The van der Waals surface area contributed by atoms with Crippen LogP contribution in [0.2, 0.25) is 15.2 Å². The molecule has 1 heterocycles. The summed E-state index contributed by atoms with van der Waals surface area (Å²) in [5.41, 5.74) is 5.29. The van der Waals surface area contributed by atoms with E-state index in [1.165, 1.54) is 0 Å². The molecule has 3 N–H and O–H groups in total. The number of rotatable bonds is 9. The normalized spacial score (nSPS) is 11.9. The van der Waals surface area contributed by atoms with Gasteiger partial charge in [0.15, 0.2) is 17.5 Å². The fourth-order valence-corrected chi connectivity index (χ4v) is 2.70. The van der Waals surface area contributed by atoms with Gasteiger partial charge in [-0.15, -0.1) is 0 Å². The lowest BCUT2D eigenvalue weighted by Gasteiger charge is -2.15. The minimum atomic E-state index is -0.900. The van der Waals surface area contributed by atoms with Crippen LogP contribution in [-0.2, 0) is 9.53 Å². The Morgan fingerprint density at radius 3 is 2.52 bits per heavy atom. The molecule has 0 aromatic carbocycles. The van der Waals surface area contributed by atoms with E-state index < -0.39 is 18.5 Å². The molecule has 1 aromatic heterocycles. The van der Waals surface area contributed by atoms with Crippen LogP contribution in [0.25, 0.3) is 0 Å². The van der Waals surface area contributed by atoms with Gasteiger partial charge in [-0.25, -0.2) is 9.78 Å². The van der Waals surface area contributed by atoms with Crippen molar-refractivity contribution in [1.29, 1.82) is 0 Å². The summed E-state index contributed by atoms with van der Waals surface area (Å²) in [6, 6.07) is 0. The van der Waals surface area contributed by atoms with E-state index in [1.54, 1.807) is 0 Å². The molecular weight excluding hydrogens is 389 g/mol. The zero-order valence-corrected chi connectivity index (χ0v) is 16.5. The van der Waals surface area contributed by atoms with Crippen molar-refractivity contribution in [1.82, 2.24) is 10.3 Å². The molecule has 0 bridgehead atoms. The number of nitrogens with one attached hydrogen (secondary N) is 1. The summed E-state index contributed by atoms with van der Waals surface area (Å²) in [5, 5.41) is 2.38. The largest absolute Gasteiger partial charge is 0.451 e. The molecule has 0 radical (unpaired) electrons. The van der Waals surface area contributed by atoms with Crippen molar-refractivity contribution >= 4 is 52.4 Å². The predicted molar refractivity (Wildman–Crippen MR) is 100 cm³/mol. The van der Waals surface area contributed by atoms with Gasteiger partial charge in [-0.05, 0) is 12.3 Å². The van der Waals surface area contributed by atoms with Crippen molar-refractivity contribution in [3.63, 3.8) is 0 Å². The van der Waals surface area contributed by atoms with E-state index in [1.807, 2.05) is 0 Å². The first-order chi connectivity index (χ1) is 11.8. The Bertz CT molecular complexity index is 626. The van der Waals surface area contributed by atoms with Crippen LogP contribution in [0.3, 0.4) is 0 Å². The molecule has 1 amide bonds. The van der Waals surface area contributed by atoms with E-state index in [0.29, 0.717) is 12.5 Å². The van der Waals surface area contributed by atoms with Gasteiger partial charge < -0.3 is 15.8 Å². The summed E-state index contributed by atoms with van der Waals surface area (Å²) in [6.45, 7) is 4.31. The Balaban J connectivity index is 2.55. The van der Waals surface area contributed by atoms with Gasteiger partial charge in [0.05, 0.1) is 10.7 Å². The number of aromatic nitrogens is 1. The highest BCUT2D eigenvalue weighted by atomic mass is 35.5. The fraction of sp³-hybridized carbons (Fsp3) is 0.562. The molecule has 9 heteroatoms. The second-order valence-electron chi connectivity index (χ2n) is 5.59. The topological polar surface area (TPSA) is 94.3 Å². The quantitative estimate of drug-likeness (QED) is 0.472. The minimum Gasteiger partial charge on any atom is -0.451 e. The highest BCUT2D eigenvalue weighted by Crippen LogP contribution is 2.34. The third-order valence-corrected chi connectivity index (χ3v) is 4.87. The number of pyridine rings is 1. The Morgan fingerprint density at radius 1 is 1.24 bits per heavy atom. The van der Waals surface area contributed by atoms with E-state index in [9.17, 15) is 9.59 Å². The number of nitrogen functional groups attached to an aromatic ring is 1. The van der Waals surface area contributed by atoms with E-state index in [-0.39, 0.29) is 26.6 Å². The molecule has 0 aliphatic carbocycles. The average Bonchev–Trinajstić information content (AvgIpc) is 2.61. The summed E-state index contributed by atoms with van der Waals surface area (Å²) < 4.78 is 4.91. The average molecular weight is 411 g/mol. The first kappa shape index (κ1) is 21.8. The number of hydrogen-bond acceptors (Lipinski definition) is 5. The molecule has 0 saturated heterocycles. The van der Waals surface area contributed by atoms with Crippen molar-refractivity contribution < 1.29 is 14.3 Å². The van der Waals surface area contributed by atoms with Gasteiger partial charge in [0.25, 0.3) is 5.91 Å². The fourth-order valence-electron chi connectivity index (χ4n) is 2.12. The molecule has 0 saturated carbocycles. The number of nitrogens with two attached hydrogens (primary N) is 1. The second kappa shape index (κ2) is 10.7. The van der Waals surface area contributed by atoms with Crippen molar-refractivity contribution in [2.24, 2.45) is 5.92 Å². The molecule has 1 rings (SSSR count). The molecule has 1 aromatic rings. The monoisotopic (exact) mass is 409 g/mol. The Morgan fingerprint density at radius 2 is 1.92 bits per heavy atom. The number of esters is 1. The first-order valence-corrected chi connectivity index (χ1v) is 9.18. The van der Waals surface area contributed by atoms with Gasteiger partial charge in [0.2, 0.25) is 0 Å². The summed E-state index contributed by atoms with van der Waals surface area (Å²) >= 11 is 17.5. The summed E-state index contributed by atoms with van der Waals surface area (Å²) in [7, 11) is 0. The first-order valence-electron chi connectivity index (χ1n) is 8.05. The summed E-state index contributed by atoms with van der Waals surface area (Å²) in [6.07, 6.45) is 4.26. The molecular formula is C16H22Cl3N3O3. The van der Waals surface area contributed by atoms with Crippen LogP contribution >= 0.6 is 34.8 Å². The zero-order chi connectivity index (χ0) is 19.0. The summed E-state index contributed by atoms with van der Waals surface area (Å²) in [5.74, 6) is -0.888. The number of unbranched alkanes of at least 4 members (excludes halogenated alkanes) is 1. The number of ether oxygens (including phenoxy) is 1. The number of halogens is 3. The van der Waals surface area contributed by atoms with E-state index in [4.69, 9.17) is 45.3 Å². The molecule has 1 atom stereocenters. The van der Waals surface area contributed by atoms with Gasteiger partial charge in [-0.3, -0.25) is 4.79 Å². The van der Waals surface area contributed by atoms with Crippen molar-refractivity contribution in [3.05, 3.63) is 20.9 Å². The number of nitrogens with zero attached hydrogens (tertiary/aromatic N) is 1. The maximum Gasteiger partial charge on any atom is 0.359 e. The smallest absolute Gasteiger partial charge is 0.359 e. The van der Waals surface area contributed by atoms with Crippen LogP contribution in [0.1, 0.15) is 50.0 Å². The molecule has 0 aliphatic rings. The SMILES string of the molecule is CCCC[C@H](CC)CNC(=O)COC(=O)c1nc(Cl)c(Cl)c(N)c1Cl. The summed E-state index contributed by atoms with van der Waals surface area (Å²) in [4.78, 5) is 27.6. The zero-order valence-electron chi connectivity index (χ0n) is 14.2. The van der Waals surface area contributed by atoms with Crippen LogP contribution in [-0.4, -0.2) is 30.0 Å². The van der Waals surface area contributed by atoms with Crippen LogP contribution < -0.4 is 11.1 Å². The van der Waals surface area contributed by atoms with E-state index >= 15 is 0 Å². The Labute approximate surface area is 162 Å². The lowest BCUT2D eigenvalue weighted by molar-refractivity contribution is -0.124. The second-order valence-corrected chi connectivity index (χ2v) is 6.70. The highest BCUT2D eigenvalue weighted by molar-refractivity contribution is 6.46. The minimum absolute atomic E-state index is 0.0429. The molecule has 0 fully saturated rings. The van der Waals surface area contributed by atoms with Gasteiger partial charge in [0.1, 0.15) is 5.02 Å². The number of carbonyl (C=O) groups is 2. The van der Waals surface area contributed by atoms with E-state index in [2.05, 4.69) is 24.1 Å². The lowest BCUT2D eigenvalue weighted by Crippen LogP contribution is -2.33. The van der Waals surface area contributed by atoms with Crippen LogP contribution in [0.5, 0.6) is 0 Å². The van der Waals surface area contributed by atoms with Crippen LogP contribution in [0.4, 0.5) is 5.69 Å². The van der Waals surface area contributed by atoms with Gasteiger partial charge in [0, 0.05) is 6.54 Å². The predicted octanol–water partition coefficient (Wildman–Crippen LogP) is 4.11. The molecule has 140 valence electrons. The van der Waals surface area contributed by atoms with Crippen molar-refractivity contribution in [2.75, 3.05) is 18.9 Å². The van der Waals surface area contributed by atoms with Crippen LogP contribution in [0, 0.1) is 5.92 Å². The number of hydrogen-bond donors (Lipinski definition) is 2. The lowest BCUT2D eigenvalue weighted by atomic mass is 9.99. The number of carbonyl (C=O) groups excluding carboxylic acids is 2. The van der Waals surface area contributed by atoms with E-state index in [0.717, 1.165) is 25.7 Å². The Kier molecular flexibility index (Phi) is 9.32. The third kappa shape index (κ3) is 6.53. The molecule has 0 unspecified atom stereocenters. The van der Waals surface area contributed by atoms with Crippen molar-refractivity contribution in [3.8, 4) is 0 Å². The maximum absolute atomic E-state index is 12.0. The standard InChI is InChI=1S/C16H22Cl3N3O3/c1-3-5-6-9(4-2)7-21-10(23)8-25-16(24)14-11(17)13(20)12(18)15(19)22-14/h9H,3-8H2,1-2H3,(H2,20,22)(H,21,23)/t9-/m0/s1. The molecule has 0 spiro atoms. The Hall–Kier alpha value is -1.24. The highest BCUT2D eigenvalue weighted by Gasteiger charge is 2.21. The maximum atomic E-state index is 12.0. The van der Waals surface area contributed by atoms with Crippen molar-refractivity contribution in [2.45, 2.75) is 39.5 Å². The third-order valence-electron chi connectivity index (χ3n) is 3.73. The van der Waals surface area contributed by atoms with Crippen LogP contribution in [0.15, 0.2) is 0 Å². The van der Waals surface area contributed by atoms with Gasteiger partial charge in [-0.1, -0.05) is 67.9 Å². The molecule has 25 heavy (non-hydrogen) atoms. The van der Waals surface area contributed by atoms with Gasteiger partial charge >= 0.3 is 5.97 Å². The molecule has 6 nitrogen and oxygen atoms in total.